The van der Waals surface area contributed by atoms with E-state index < -0.39 is 0 Å². The molecule has 0 saturated carbocycles. The zero-order valence-corrected chi connectivity index (χ0v) is 12.6. The standard InChI is InChI=1S/C13H13BrN4O2/c1-15-6-10-16-11(12(14)17-10)7-3-4-8-9(5-7)20-13(19)18(8)2/h3-5,15H,6H2,1-2H3,(H,16,17). The van der Waals surface area contributed by atoms with Crippen LogP contribution < -0.4 is 11.1 Å². The number of aromatic nitrogens is 3. The van der Waals surface area contributed by atoms with E-state index in [-0.39, 0.29) is 5.76 Å². The van der Waals surface area contributed by atoms with Gasteiger partial charge in [0.25, 0.3) is 0 Å². The third kappa shape index (κ3) is 2.08. The number of hydrogen-bond acceptors (Lipinski definition) is 4. The topological polar surface area (TPSA) is 75.8 Å². The SMILES string of the molecule is CNCc1nc(-c2ccc3c(c2)oc(=O)n3C)c(Br)[nH]1. The molecule has 0 saturated heterocycles. The predicted molar refractivity (Wildman–Crippen MR) is 79.5 cm³/mol. The zero-order chi connectivity index (χ0) is 14.3. The number of benzene rings is 1. The Hall–Kier alpha value is -1.86. The summed E-state index contributed by atoms with van der Waals surface area (Å²) in [6.45, 7) is 0.654. The monoisotopic (exact) mass is 336 g/mol. The number of fused-ring (bicyclic) bond motifs is 1. The molecule has 0 bridgehead atoms. The fourth-order valence-electron chi connectivity index (χ4n) is 2.12. The Bertz CT molecular complexity index is 831. The number of H-pyrrole nitrogens is 1. The molecule has 2 N–H and O–H groups in total. The molecule has 7 heteroatoms. The number of nitrogens with zero attached hydrogens (tertiary/aromatic N) is 2. The third-order valence-corrected chi connectivity index (χ3v) is 3.69. The Kier molecular flexibility index (Phi) is 3.23. The van der Waals surface area contributed by atoms with Crippen molar-refractivity contribution < 1.29 is 4.42 Å². The minimum atomic E-state index is -0.367. The summed E-state index contributed by atoms with van der Waals surface area (Å²) in [5.74, 6) is 0.470. The number of halogens is 1. The summed E-state index contributed by atoms with van der Waals surface area (Å²) in [5, 5.41) is 3.04. The van der Waals surface area contributed by atoms with Crippen LogP contribution in [0.2, 0.25) is 0 Å². The molecule has 0 unspecified atom stereocenters. The molecule has 6 nitrogen and oxygen atoms in total. The van der Waals surface area contributed by atoms with Crippen LogP contribution >= 0.6 is 15.9 Å². The van der Waals surface area contributed by atoms with E-state index in [1.165, 1.54) is 4.57 Å². The van der Waals surface area contributed by atoms with Gasteiger partial charge in [0.2, 0.25) is 0 Å². The van der Waals surface area contributed by atoms with Gasteiger partial charge in [0.05, 0.1) is 12.1 Å². The Morgan fingerprint density at radius 1 is 1.50 bits per heavy atom. The Balaban J connectivity index is 2.12. The summed E-state index contributed by atoms with van der Waals surface area (Å²) < 4.78 is 7.48. The highest BCUT2D eigenvalue weighted by Gasteiger charge is 2.13. The van der Waals surface area contributed by atoms with E-state index >= 15 is 0 Å². The first-order chi connectivity index (χ1) is 9.60. The number of aryl methyl sites for hydroxylation is 1. The second kappa shape index (κ2) is 4.92. The maximum Gasteiger partial charge on any atom is 0.419 e. The van der Waals surface area contributed by atoms with Crippen molar-refractivity contribution in [1.82, 2.24) is 19.9 Å². The van der Waals surface area contributed by atoms with Crippen LogP contribution in [0.3, 0.4) is 0 Å². The molecular weight excluding hydrogens is 324 g/mol. The van der Waals surface area contributed by atoms with Gasteiger partial charge in [-0.05, 0) is 35.1 Å². The quantitative estimate of drug-likeness (QED) is 0.767. The average molecular weight is 337 g/mol. The molecule has 0 aliphatic heterocycles. The van der Waals surface area contributed by atoms with Crippen LogP contribution in [0.15, 0.2) is 32.0 Å². The largest absolute Gasteiger partial charge is 0.419 e. The Morgan fingerprint density at radius 3 is 3.05 bits per heavy atom. The van der Waals surface area contributed by atoms with Crippen LogP contribution in [0.25, 0.3) is 22.4 Å². The number of oxazole rings is 1. The van der Waals surface area contributed by atoms with Gasteiger partial charge < -0.3 is 14.7 Å². The van der Waals surface area contributed by atoms with Crippen molar-refractivity contribution in [2.45, 2.75) is 6.54 Å². The highest BCUT2D eigenvalue weighted by atomic mass is 79.9. The van der Waals surface area contributed by atoms with Crippen LogP contribution in [0.5, 0.6) is 0 Å². The molecular formula is C13H13BrN4O2. The highest BCUT2D eigenvalue weighted by Crippen LogP contribution is 2.28. The molecule has 0 fully saturated rings. The summed E-state index contributed by atoms with van der Waals surface area (Å²) in [5.41, 5.74) is 3.00. The van der Waals surface area contributed by atoms with Gasteiger partial charge in [-0.1, -0.05) is 6.07 Å². The smallest absolute Gasteiger partial charge is 0.408 e. The van der Waals surface area contributed by atoms with Gasteiger partial charge in [-0.15, -0.1) is 0 Å². The molecule has 0 amide bonds. The van der Waals surface area contributed by atoms with Crippen molar-refractivity contribution in [2.75, 3.05) is 7.05 Å². The molecule has 2 heterocycles. The van der Waals surface area contributed by atoms with Crippen molar-refractivity contribution >= 4 is 27.0 Å². The van der Waals surface area contributed by atoms with E-state index in [9.17, 15) is 4.79 Å². The average Bonchev–Trinajstić information content (AvgIpc) is 2.91. The van der Waals surface area contributed by atoms with Crippen LogP contribution in [0, 0.1) is 0 Å². The maximum absolute atomic E-state index is 11.5. The van der Waals surface area contributed by atoms with E-state index in [1.54, 1.807) is 7.05 Å². The second-order valence-electron chi connectivity index (χ2n) is 4.49. The second-order valence-corrected chi connectivity index (χ2v) is 5.28. The molecule has 0 atom stereocenters. The first kappa shape index (κ1) is 13.1. The van der Waals surface area contributed by atoms with Crippen molar-refractivity contribution in [3.8, 4) is 11.3 Å². The molecule has 0 radical (unpaired) electrons. The maximum atomic E-state index is 11.5. The third-order valence-electron chi connectivity index (χ3n) is 3.12. The Morgan fingerprint density at radius 2 is 2.30 bits per heavy atom. The number of nitrogens with one attached hydrogen (secondary N) is 2. The zero-order valence-electron chi connectivity index (χ0n) is 11.0. The minimum Gasteiger partial charge on any atom is -0.408 e. The number of imidazole rings is 1. The van der Waals surface area contributed by atoms with Crippen LogP contribution in [0.1, 0.15) is 5.82 Å². The molecule has 20 heavy (non-hydrogen) atoms. The van der Waals surface area contributed by atoms with Gasteiger partial charge in [-0.25, -0.2) is 9.78 Å². The van der Waals surface area contributed by atoms with E-state index in [4.69, 9.17) is 4.42 Å². The van der Waals surface area contributed by atoms with Crippen LogP contribution in [-0.4, -0.2) is 21.6 Å². The molecule has 3 aromatic rings. The lowest BCUT2D eigenvalue weighted by Crippen LogP contribution is -2.08. The highest BCUT2D eigenvalue weighted by molar-refractivity contribution is 9.10. The van der Waals surface area contributed by atoms with Crippen molar-refractivity contribution in [1.29, 1.82) is 0 Å². The fourth-order valence-corrected chi connectivity index (χ4v) is 2.67. The summed E-state index contributed by atoms with van der Waals surface area (Å²) in [7, 11) is 3.55. The van der Waals surface area contributed by atoms with Gasteiger partial charge in [0.15, 0.2) is 5.58 Å². The molecule has 0 aliphatic rings. The molecule has 2 aromatic heterocycles. The van der Waals surface area contributed by atoms with Crippen molar-refractivity contribution in [3.05, 3.63) is 39.2 Å². The first-order valence-corrected chi connectivity index (χ1v) is 6.88. The summed E-state index contributed by atoms with van der Waals surface area (Å²) in [4.78, 5) is 19.2. The van der Waals surface area contributed by atoms with Crippen LogP contribution in [-0.2, 0) is 13.6 Å². The minimum absolute atomic E-state index is 0.367. The van der Waals surface area contributed by atoms with Gasteiger partial charge in [0.1, 0.15) is 16.1 Å². The first-order valence-electron chi connectivity index (χ1n) is 6.09. The molecule has 0 aliphatic carbocycles. The number of aromatic amines is 1. The number of hydrogen-bond donors (Lipinski definition) is 2. The van der Waals surface area contributed by atoms with E-state index in [0.717, 1.165) is 27.2 Å². The van der Waals surface area contributed by atoms with E-state index in [0.29, 0.717) is 12.1 Å². The van der Waals surface area contributed by atoms with Crippen molar-refractivity contribution in [2.24, 2.45) is 7.05 Å². The summed E-state index contributed by atoms with van der Waals surface area (Å²) in [6.07, 6.45) is 0. The molecule has 3 rings (SSSR count). The lowest BCUT2D eigenvalue weighted by Gasteiger charge is -1.98. The van der Waals surface area contributed by atoms with Gasteiger partial charge in [-0.2, -0.15) is 0 Å². The number of rotatable bonds is 3. The Labute approximate surface area is 122 Å². The summed E-state index contributed by atoms with van der Waals surface area (Å²) >= 11 is 3.46. The lowest BCUT2D eigenvalue weighted by atomic mass is 10.1. The van der Waals surface area contributed by atoms with Crippen molar-refractivity contribution in [3.63, 3.8) is 0 Å². The van der Waals surface area contributed by atoms with Gasteiger partial charge >= 0.3 is 5.76 Å². The summed E-state index contributed by atoms with van der Waals surface area (Å²) in [6, 6.07) is 5.59. The van der Waals surface area contributed by atoms with Crippen LogP contribution in [0.4, 0.5) is 0 Å². The molecule has 0 spiro atoms. The van der Waals surface area contributed by atoms with E-state index in [2.05, 4.69) is 31.2 Å². The van der Waals surface area contributed by atoms with E-state index in [1.807, 2.05) is 25.2 Å². The fraction of sp³-hybridized carbons (Fsp3) is 0.231. The molecule has 1 aromatic carbocycles. The molecule has 104 valence electrons. The lowest BCUT2D eigenvalue weighted by molar-refractivity contribution is 0.528. The van der Waals surface area contributed by atoms with Gasteiger partial charge in [0, 0.05) is 12.6 Å². The normalized spacial score (nSPS) is 11.3. The van der Waals surface area contributed by atoms with Gasteiger partial charge in [-0.3, -0.25) is 4.57 Å². The predicted octanol–water partition coefficient (Wildman–Crippen LogP) is 2.00.